The molecule has 4 rings (SSSR count). The quantitative estimate of drug-likeness (QED) is 0.405. The summed E-state index contributed by atoms with van der Waals surface area (Å²) in [5.41, 5.74) is 4.07. The molecule has 0 aliphatic heterocycles. The third-order valence-electron chi connectivity index (χ3n) is 4.48. The lowest BCUT2D eigenvalue weighted by atomic mass is 10.2. The minimum absolute atomic E-state index is 0.706. The predicted octanol–water partition coefficient (Wildman–Crippen LogP) is 5.21. The van der Waals surface area contributed by atoms with Crippen molar-refractivity contribution >= 4 is 23.1 Å². The Balaban J connectivity index is 1.81. The number of methoxy groups -OCH3 is 1. The van der Waals surface area contributed by atoms with Gasteiger partial charge in [-0.1, -0.05) is 29.1 Å². The van der Waals surface area contributed by atoms with Gasteiger partial charge in [-0.15, -0.1) is 21.5 Å². The van der Waals surface area contributed by atoms with Crippen LogP contribution >= 0.6 is 23.1 Å². The average molecular weight is 413 g/mol. The van der Waals surface area contributed by atoms with Gasteiger partial charge in [0.25, 0.3) is 0 Å². The van der Waals surface area contributed by atoms with Crippen molar-refractivity contribution in [2.75, 3.05) is 7.11 Å². The molecular weight excluding hydrogens is 392 g/mol. The van der Waals surface area contributed by atoms with E-state index in [1.807, 2.05) is 37.4 Å². The first-order chi connectivity index (χ1) is 13.6. The SMILES string of the molecule is COc1ccc(C)cc1-n1c(SCc2c(C)noc2C)nnc1-c1cccs1. The van der Waals surface area contributed by atoms with E-state index in [0.29, 0.717) is 5.75 Å². The Bertz CT molecular complexity index is 1080. The van der Waals surface area contributed by atoms with E-state index in [1.165, 1.54) is 0 Å². The van der Waals surface area contributed by atoms with Crippen LogP contribution in [0.1, 0.15) is 22.6 Å². The highest BCUT2D eigenvalue weighted by atomic mass is 32.2. The lowest BCUT2D eigenvalue weighted by molar-refractivity contribution is 0.392. The Morgan fingerprint density at radius 2 is 2.04 bits per heavy atom. The number of aryl methyl sites for hydroxylation is 3. The summed E-state index contributed by atoms with van der Waals surface area (Å²) in [5.74, 6) is 3.13. The molecule has 0 saturated carbocycles. The largest absolute Gasteiger partial charge is 0.495 e. The van der Waals surface area contributed by atoms with Crippen LogP contribution in [0.25, 0.3) is 16.4 Å². The second-order valence-corrected chi connectivity index (χ2v) is 8.28. The fourth-order valence-electron chi connectivity index (χ4n) is 2.97. The van der Waals surface area contributed by atoms with Crippen molar-refractivity contribution in [2.45, 2.75) is 31.7 Å². The predicted molar refractivity (Wildman–Crippen MR) is 111 cm³/mol. The van der Waals surface area contributed by atoms with Gasteiger partial charge in [0, 0.05) is 11.3 Å². The van der Waals surface area contributed by atoms with Crippen molar-refractivity contribution < 1.29 is 9.26 Å². The number of thiophene rings is 1. The van der Waals surface area contributed by atoms with E-state index >= 15 is 0 Å². The maximum Gasteiger partial charge on any atom is 0.196 e. The molecule has 0 aliphatic carbocycles. The molecule has 3 aromatic heterocycles. The summed E-state index contributed by atoms with van der Waals surface area (Å²) < 4.78 is 13.0. The molecule has 0 unspecified atom stereocenters. The molecular formula is C20H20N4O2S2. The van der Waals surface area contributed by atoms with E-state index < -0.39 is 0 Å². The minimum Gasteiger partial charge on any atom is -0.495 e. The maximum atomic E-state index is 5.63. The number of benzene rings is 1. The van der Waals surface area contributed by atoms with Crippen molar-refractivity contribution in [3.05, 3.63) is 58.3 Å². The highest BCUT2D eigenvalue weighted by Crippen LogP contribution is 2.36. The number of ether oxygens (including phenoxy) is 1. The molecule has 0 bridgehead atoms. The fraction of sp³-hybridized carbons (Fsp3) is 0.250. The van der Waals surface area contributed by atoms with Gasteiger partial charge in [-0.05, 0) is 49.9 Å². The number of rotatable bonds is 6. The van der Waals surface area contributed by atoms with Gasteiger partial charge in [0.15, 0.2) is 11.0 Å². The Labute approximate surface area is 171 Å². The van der Waals surface area contributed by atoms with E-state index in [0.717, 1.165) is 49.9 Å². The van der Waals surface area contributed by atoms with Gasteiger partial charge >= 0.3 is 0 Å². The van der Waals surface area contributed by atoms with Gasteiger partial charge < -0.3 is 9.26 Å². The zero-order chi connectivity index (χ0) is 19.7. The average Bonchev–Trinajstić information content (AvgIpc) is 3.41. The number of thioether (sulfide) groups is 1. The third-order valence-corrected chi connectivity index (χ3v) is 6.30. The molecule has 0 atom stereocenters. The summed E-state index contributed by atoms with van der Waals surface area (Å²) in [6, 6.07) is 10.2. The lowest BCUT2D eigenvalue weighted by Crippen LogP contribution is -2.02. The van der Waals surface area contributed by atoms with Crippen molar-refractivity contribution in [1.29, 1.82) is 0 Å². The number of hydrogen-bond donors (Lipinski definition) is 0. The molecule has 28 heavy (non-hydrogen) atoms. The van der Waals surface area contributed by atoms with Crippen molar-refractivity contribution in [2.24, 2.45) is 0 Å². The van der Waals surface area contributed by atoms with Gasteiger partial charge in [0.1, 0.15) is 11.5 Å². The zero-order valence-corrected chi connectivity index (χ0v) is 17.7. The second kappa shape index (κ2) is 7.81. The molecule has 8 heteroatoms. The van der Waals surface area contributed by atoms with Crippen LogP contribution in [0, 0.1) is 20.8 Å². The highest BCUT2D eigenvalue weighted by Gasteiger charge is 2.21. The van der Waals surface area contributed by atoms with E-state index in [-0.39, 0.29) is 0 Å². The second-order valence-electron chi connectivity index (χ2n) is 6.39. The zero-order valence-electron chi connectivity index (χ0n) is 16.1. The molecule has 0 amide bonds. The molecule has 4 aromatic rings. The van der Waals surface area contributed by atoms with Gasteiger partial charge in [-0.2, -0.15) is 0 Å². The van der Waals surface area contributed by atoms with Crippen LogP contribution in [-0.4, -0.2) is 27.0 Å². The fourth-order valence-corrected chi connectivity index (χ4v) is 4.76. The van der Waals surface area contributed by atoms with E-state index in [1.54, 1.807) is 30.2 Å². The van der Waals surface area contributed by atoms with Crippen molar-refractivity contribution in [1.82, 2.24) is 19.9 Å². The van der Waals surface area contributed by atoms with E-state index in [2.05, 4.69) is 39.0 Å². The molecule has 0 N–H and O–H groups in total. The normalized spacial score (nSPS) is 11.1. The van der Waals surface area contributed by atoms with Crippen LogP contribution < -0.4 is 4.74 Å². The summed E-state index contributed by atoms with van der Waals surface area (Å²) in [4.78, 5) is 1.06. The first kappa shape index (κ1) is 18.8. The Morgan fingerprint density at radius 1 is 1.18 bits per heavy atom. The van der Waals surface area contributed by atoms with Crippen LogP contribution in [0.5, 0.6) is 5.75 Å². The summed E-state index contributed by atoms with van der Waals surface area (Å²) >= 11 is 3.25. The maximum absolute atomic E-state index is 5.63. The number of nitrogens with zero attached hydrogens (tertiary/aromatic N) is 4. The van der Waals surface area contributed by atoms with Crippen LogP contribution in [0.4, 0.5) is 0 Å². The summed E-state index contributed by atoms with van der Waals surface area (Å²) in [5, 5.41) is 15.9. The molecule has 0 spiro atoms. The Kier molecular flexibility index (Phi) is 5.23. The van der Waals surface area contributed by atoms with E-state index in [9.17, 15) is 0 Å². The van der Waals surface area contributed by atoms with E-state index in [4.69, 9.17) is 9.26 Å². The highest BCUT2D eigenvalue weighted by molar-refractivity contribution is 7.98. The van der Waals surface area contributed by atoms with Gasteiger partial charge in [-0.3, -0.25) is 4.57 Å². The Hall–Kier alpha value is -2.58. The lowest BCUT2D eigenvalue weighted by Gasteiger charge is -2.14. The Morgan fingerprint density at radius 3 is 2.71 bits per heavy atom. The smallest absolute Gasteiger partial charge is 0.196 e. The molecule has 0 aliphatic rings. The molecule has 3 heterocycles. The first-order valence-corrected chi connectivity index (χ1v) is 10.6. The van der Waals surface area contributed by atoms with Gasteiger partial charge in [0.2, 0.25) is 0 Å². The summed E-state index contributed by atoms with van der Waals surface area (Å²) in [6.07, 6.45) is 0. The minimum atomic E-state index is 0.706. The standard InChI is InChI=1S/C20H20N4O2S2/c1-12-7-8-17(25-4)16(10-12)24-19(18-6-5-9-27-18)21-22-20(24)28-11-15-13(2)23-26-14(15)3/h5-10H,11H2,1-4H3. The van der Waals surface area contributed by atoms with Crippen LogP contribution in [0.15, 0.2) is 45.4 Å². The molecule has 0 radical (unpaired) electrons. The monoisotopic (exact) mass is 412 g/mol. The first-order valence-electron chi connectivity index (χ1n) is 8.77. The molecule has 6 nitrogen and oxygen atoms in total. The van der Waals surface area contributed by atoms with Gasteiger partial charge in [0.05, 0.1) is 23.4 Å². The summed E-state index contributed by atoms with van der Waals surface area (Å²) in [7, 11) is 1.68. The van der Waals surface area contributed by atoms with Crippen LogP contribution in [0.3, 0.4) is 0 Å². The molecule has 1 aromatic carbocycles. The van der Waals surface area contributed by atoms with Crippen LogP contribution in [-0.2, 0) is 5.75 Å². The number of aromatic nitrogens is 4. The third kappa shape index (κ3) is 3.45. The van der Waals surface area contributed by atoms with Gasteiger partial charge in [-0.25, -0.2) is 0 Å². The summed E-state index contributed by atoms with van der Waals surface area (Å²) in [6.45, 7) is 5.95. The van der Waals surface area contributed by atoms with Crippen molar-refractivity contribution in [3.8, 4) is 22.1 Å². The molecule has 0 fully saturated rings. The number of hydrogen-bond acceptors (Lipinski definition) is 7. The van der Waals surface area contributed by atoms with Crippen molar-refractivity contribution in [3.63, 3.8) is 0 Å². The van der Waals surface area contributed by atoms with Crippen LogP contribution in [0.2, 0.25) is 0 Å². The molecule has 0 saturated heterocycles. The topological polar surface area (TPSA) is 66.0 Å². The molecule has 144 valence electrons.